The van der Waals surface area contributed by atoms with E-state index in [9.17, 15) is 0 Å². The Balaban J connectivity index is 0.000000720. The van der Waals surface area contributed by atoms with Gasteiger partial charge in [-0.2, -0.15) is 0 Å². The maximum atomic E-state index is 5.51. The highest BCUT2D eigenvalue weighted by Crippen LogP contribution is 2.23. The molecule has 1 aromatic heterocycles. The van der Waals surface area contributed by atoms with Crippen LogP contribution in [0, 0.1) is 0 Å². The molecule has 0 bridgehead atoms. The van der Waals surface area contributed by atoms with E-state index in [1.54, 1.807) is 11.3 Å². The first-order valence-corrected chi connectivity index (χ1v) is 4.65. The number of thiophene rings is 1. The Kier molecular flexibility index (Phi) is 3.53. The third-order valence-electron chi connectivity index (χ3n) is 1.75. The first-order valence-electron chi connectivity index (χ1n) is 3.77. The van der Waals surface area contributed by atoms with Crippen LogP contribution >= 0.6 is 23.7 Å². The molecule has 1 aromatic rings. The van der Waals surface area contributed by atoms with Crippen LogP contribution in [0.25, 0.3) is 0 Å². The number of ether oxygens (including phenoxy) is 1. The second-order valence-corrected chi connectivity index (χ2v) is 3.78. The molecule has 2 unspecified atom stereocenters. The highest BCUT2D eigenvalue weighted by Gasteiger charge is 2.22. The van der Waals surface area contributed by atoms with Gasteiger partial charge in [0.2, 0.25) is 0 Å². The van der Waals surface area contributed by atoms with Crippen LogP contribution in [0.5, 0.6) is 0 Å². The smallest absolute Gasteiger partial charge is 0.143 e. The monoisotopic (exact) mass is 205 g/mol. The number of hydrogen-bond donors (Lipinski definition) is 1. The Bertz CT molecular complexity index is 227. The van der Waals surface area contributed by atoms with E-state index < -0.39 is 0 Å². The maximum absolute atomic E-state index is 5.51. The van der Waals surface area contributed by atoms with E-state index in [1.165, 1.54) is 4.88 Å². The standard InChI is InChI=1S/C8H11NOS.ClH/c1-6-5-10-8(9-6)7-3-2-4-11-7;/h2-4,6,8-9H,5H2,1H3;1H. The highest BCUT2D eigenvalue weighted by molar-refractivity contribution is 7.10. The van der Waals surface area contributed by atoms with E-state index in [2.05, 4.69) is 23.7 Å². The average Bonchev–Trinajstić information content (AvgIpc) is 2.55. The van der Waals surface area contributed by atoms with Crippen molar-refractivity contribution in [1.29, 1.82) is 0 Å². The summed E-state index contributed by atoms with van der Waals surface area (Å²) >= 11 is 1.73. The van der Waals surface area contributed by atoms with E-state index in [1.807, 2.05) is 6.07 Å². The van der Waals surface area contributed by atoms with Gasteiger partial charge in [-0.15, -0.1) is 23.7 Å². The van der Waals surface area contributed by atoms with Gasteiger partial charge in [-0.1, -0.05) is 6.07 Å². The van der Waals surface area contributed by atoms with Crippen molar-refractivity contribution in [1.82, 2.24) is 5.32 Å². The minimum atomic E-state index is 0. The third-order valence-corrected chi connectivity index (χ3v) is 2.67. The maximum Gasteiger partial charge on any atom is 0.143 e. The zero-order valence-electron chi connectivity index (χ0n) is 6.82. The Morgan fingerprint density at radius 2 is 2.50 bits per heavy atom. The fraction of sp³-hybridized carbons (Fsp3) is 0.500. The SMILES string of the molecule is CC1COC(c2cccs2)N1.Cl. The van der Waals surface area contributed by atoms with E-state index >= 15 is 0 Å². The summed E-state index contributed by atoms with van der Waals surface area (Å²) < 4.78 is 5.51. The largest absolute Gasteiger partial charge is 0.357 e. The number of halogens is 1. The van der Waals surface area contributed by atoms with Gasteiger partial charge in [0.25, 0.3) is 0 Å². The highest BCUT2D eigenvalue weighted by atomic mass is 35.5. The molecule has 0 aliphatic carbocycles. The number of hydrogen-bond acceptors (Lipinski definition) is 3. The average molecular weight is 206 g/mol. The lowest BCUT2D eigenvalue weighted by Crippen LogP contribution is -2.21. The molecule has 0 spiro atoms. The lowest BCUT2D eigenvalue weighted by Gasteiger charge is -2.06. The first kappa shape index (κ1) is 9.99. The van der Waals surface area contributed by atoms with Crippen LogP contribution in [-0.2, 0) is 4.74 Å². The summed E-state index contributed by atoms with van der Waals surface area (Å²) in [7, 11) is 0. The summed E-state index contributed by atoms with van der Waals surface area (Å²) in [5, 5.41) is 5.42. The summed E-state index contributed by atoms with van der Waals surface area (Å²) in [6, 6.07) is 4.64. The second kappa shape index (κ2) is 4.23. The van der Waals surface area contributed by atoms with E-state index in [-0.39, 0.29) is 18.6 Å². The molecule has 68 valence electrons. The van der Waals surface area contributed by atoms with Crippen LogP contribution in [0.1, 0.15) is 18.0 Å². The lowest BCUT2D eigenvalue weighted by molar-refractivity contribution is 0.104. The molecule has 0 radical (unpaired) electrons. The van der Waals surface area contributed by atoms with Crippen molar-refractivity contribution in [3.8, 4) is 0 Å². The predicted octanol–water partition coefficient (Wildman–Crippen LogP) is 2.18. The Morgan fingerprint density at radius 1 is 1.67 bits per heavy atom. The Labute approximate surface area is 82.3 Å². The van der Waals surface area contributed by atoms with Gasteiger partial charge >= 0.3 is 0 Å². The predicted molar refractivity (Wildman–Crippen MR) is 52.9 cm³/mol. The van der Waals surface area contributed by atoms with Crippen molar-refractivity contribution in [2.75, 3.05) is 6.61 Å². The molecule has 2 rings (SSSR count). The van der Waals surface area contributed by atoms with Gasteiger partial charge in [0.1, 0.15) is 6.23 Å². The number of rotatable bonds is 1. The fourth-order valence-electron chi connectivity index (χ4n) is 1.20. The van der Waals surface area contributed by atoms with Crippen molar-refractivity contribution >= 4 is 23.7 Å². The molecule has 0 amide bonds. The van der Waals surface area contributed by atoms with Gasteiger partial charge in [-0.05, 0) is 18.4 Å². The molecular weight excluding hydrogens is 194 g/mol. The van der Waals surface area contributed by atoms with Crippen molar-refractivity contribution in [2.45, 2.75) is 19.2 Å². The summed E-state index contributed by atoms with van der Waals surface area (Å²) in [6.45, 7) is 2.95. The zero-order valence-corrected chi connectivity index (χ0v) is 8.45. The molecule has 1 N–H and O–H groups in total. The van der Waals surface area contributed by atoms with Crippen LogP contribution in [0.2, 0.25) is 0 Å². The molecule has 0 saturated carbocycles. The van der Waals surface area contributed by atoms with Crippen LogP contribution in [-0.4, -0.2) is 12.6 Å². The van der Waals surface area contributed by atoms with Gasteiger partial charge in [0, 0.05) is 10.9 Å². The number of nitrogens with one attached hydrogen (secondary N) is 1. The topological polar surface area (TPSA) is 21.3 Å². The third kappa shape index (κ3) is 1.98. The summed E-state index contributed by atoms with van der Waals surface area (Å²) in [4.78, 5) is 1.27. The molecule has 0 aromatic carbocycles. The van der Waals surface area contributed by atoms with Crippen molar-refractivity contribution < 1.29 is 4.74 Å². The van der Waals surface area contributed by atoms with Gasteiger partial charge in [0.05, 0.1) is 6.61 Å². The molecule has 1 aliphatic rings. The van der Waals surface area contributed by atoms with Crippen molar-refractivity contribution in [3.63, 3.8) is 0 Å². The fourth-order valence-corrected chi connectivity index (χ4v) is 1.93. The van der Waals surface area contributed by atoms with E-state index in [0.29, 0.717) is 6.04 Å². The molecule has 4 heteroatoms. The zero-order chi connectivity index (χ0) is 7.68. The molecule has 2 atom stereocenters. The van der Waals surface area contributed by atoms with Crippen molar-refractivity contribution in [2.24, 2.45) is 0 Å². The molecule has 2 heterocycles. The van der Waals surface area contributed by atoms with E-state index in [4.69, 9.17) is 4.74 Å². The molecule has 1 aliphatic heterocycles. The van der Waals surface area contributed by atoms with E-state index in [0.717, 1.165) is 6.61 Å². The summed E-state index contributed by atoms with van der Waals surface area (Å²) in [5.41, 5.74) is 0. The Hall–Kier alpha value is -0.0900. The molecule has 1 saturated heterocycles. The lowest BCUT2D eigenvalue weighted by atomic mass is 10.4. The van der Waals surface area contributed by atoms with Crippen LogP contribution in [0.15, 0.2) is 17.5 Å². The minimum Gasteiger partial charge on any atom is -0.357 e. The molecular formula is C8H12ClNOS. The van der Waals surface area contributed by atoms with Gasteiger partial charge in [-0.3, -0.25) is 5.32 Å². The van der Waals surface area contributed by atoms with Gasteiger partial charge in [-0.25, -0.2) is 0 Å². The summed E-state index contributed by atoms with van der Waals surface area (Å²) in [5.74, 6) is 0. The van der Waals surface area contributed by atoms with Gasteiger partial charge < -0.3 is 4.74 Å². The van der Waals surface area contributed by atoms with Crippen LogP contribution in [0.3, 0.4) is 0 Å². The molecule has 2 nitrogen and oxygen atoms in total. The quantitative estimate of drug-likeness (QED) is 0.759. The van der Waals surface area contributed by atoms with Crippen molar-refractivity contribution in [3.05, 3.63) is 22.4 Å². The second-order valence-electron chi connectivity index (χ2n) is 2.80. The molecule has 12 heavy (non-hydrogen) atoms. The van der Waals surface area contributed by atoms with Crippen LogP contribution in [0.4, 0.5) is 0 Å². The first-order chi connectivity index (χ1) is 5.36. The van der Waals surface area contributed by atoms with Crippen LogP contribution < -0.4 is 5.32 Å². The van der Waals surface area contributed by atoms with Gasteiger partial charge in [0.15, 0.2) is 0 Å². The summed E-state index contributed by atoms with van der Waals surface area (Å²) in [6.07, 6.45) is 0.144. The minimum absolute atomic E-state index is 0. The normalized spacial score (nSPS) is 28.4. The molecule has 1 fully saturated rings. The Morgan fingerprint density at radius 3 is 3.00 bits per heavy atom.